The third-order valence-electron chi connectivity index (χ3n) is 7.78. The predicted octanol–water partition coefficient (Wildman–Crippen LogP) is 5.47. The summed E-state index contributed by atoms with van der Waals surface area (Å²) in [6, 6.07) is 17.3. The SMILES string of the molecule is CC1(C)OB(C(=Cc2cc(C(=O)O)c(F)cn2)CNC(=O)OCC2c3ccccc3-c3ccccc32)OC1(C)C. The number of aromatic nitrogens is 1. The number of amides is 1. The molecule has 8 nitrogen and oxygen atoms in total. The van der Waals surface area contributed by atoms with E-state index in [-0.39, 0.29) is 24.8 Å². The van der Waals surface area contributed by atoms with Gasteiger partial charge in [0.05, 0.1) is 28.7 Å². The normalized spacial score (nSPS) is 17.3. The number of aromatic carboxylic acids is 1. The average Bonchev–Trinajstić information content (AvgIpc) is 3.35. The standard InChI is InChI=1S/C30H30BFN2O6/c1-29(2)30(3,4)40-31(39-29)18(13-19-14-24(27(35)36)26(32)16-33-19)15-34-28(37)38-17-25-22-11-7-5-9-20(22)21-10-6-8-12-23(21)25/h5-14,16,25H,15,17H2,1-4H3,(H,34,37)(H,35,36). The van der Waals surface area contributed by atoms with Crippen LogP contribution >= 0.6 is 0 Å². The Bertz CT molecular complexity index is 1440. The molecule has 1 aromatic heterocycles. The number of ether oxygens (including phenoxy) is 1. The number of nitrogens with zero attached hydrogens (tertiary/aromatic N) is 1. The Balaban J connectivity index is 1.33. The van der Waals surface area contributed by atoms with E-state index in [1.54, 1.807) is 0 Å². The van der Waals surface area contributed by atoms with Crippen molar-refractivity contribution in [3.63, 3.8) is 0 Å². The molecule has 2 heterocycles. The average molecular weight is 544 g/mol. The fraction of sp³-hybridized carbons (Fsp3) is 0.300. The molecule has 2 aromatic carbocycles. The number of pyridine rings is 1. The van der Waals surface area contributed by atoms with Crippen molar-refractivity contribution in [2.45, 2.75) is 44.8 Å². The van der Waals surface area contributed by atoms with Crippen molar-refractivity contribution in [1.82, 2.24) is 10.3 Å². The zero-order valence-corrected chi connectivity index (χ0v) is 22.7. The highest BCUT2D eigenvalue weighted by atomic mass is 19.1. The summed E-state index contributed by atoms with van der Waals surface area (Å²) in [7, 11) is -0.862. The van der Waals surface area contributed by atoms with Gasteiger partial charge in [-0.2, -0.15) is 0 Å². The quantitative estimate of drug-likeness (QED) is 0.380. The first-order valence-corrected chi connectivity index (χ1v) is 13.0. The van der Waals surface area contributed by atoms with Gasteiger partial charge in [0.1, 0.15) is 6.61 Å². The topological polar surface area (TPSA) is 107 Å². The molecule has 1 saturated heterocycles. The fourth-order valence-corrected chi connectivity index (χ4v) is 4.91. The van der Waals surface area contributed by atoms with Crippen LogP contribution in [0.5, 0.6) is 0 Å². The third kappa shape index (κ3) is 5.24. The minimum Gasteiger partial charge on any atom is -0.478 e. The number of alkyl carbamates (subject to hydrolysis) is 1. The van der Waals surface area contributed by atoms with E-state index in [1.165, 1.54) is 6.08 Å². The second-order valence-electron chi connectivity index (χ2n) is 10.9. The molecule has 0 unspecified atom stereocenters. The molecule has 1 fully saturated rings. The molecule has 0 atom stereocenters. The highest BCUT2D eigenvalue weighted by Gasteiger charge is 2.52. The monoisotopic (exact) mass is 544 g/mol. The molecule has 206 valence electrons. The molecule has 1 aliphatic heterocycles. The van der Waals surface area contributed by atoms with Crippen molar-refractivity contribution >= 4 is 25.3 Å². The van der Waals surface area contributed by atoms with Crippen molar-refractivity contribution in [2.75, 3.05) is 13.2 Å². The molecule has 5 rings (SSSR count). The fourth-order valence-electron chi connectivity index (χ4n) is 4.91. The van der Waals surface area contributed by atoms with Gasteiger partial charge in [0.15, 0.2) is 5.82 Å². The third-order valence-corrected chi connectivity index (χ3v) is 7.78. The minimum absolute atomic E-state index is 0.0328. The van der Waals surface area contributed by atoms with Crippen LogP contribution in [-0.2, 0) is 14.0 Å². The van der Waals surface area contributed by atoms with E-state index in [2.05, 4.69) is 22.4 Å². The summed E-state index contributed by atoms with van der Waals surface area (Å²) >= 11 is 0. The number of halogens is 1. The zero-order chi connectivity index (χ0) is 28.7. The number of carboxylic acid groups (broad SMARTS) is 1. The lowest BCUT2D eigenvalue weighted by molar-refractivity contribution is 0.00578. The molecule has 0 radical (unpaired) electrons. The van der Waals surface area contributed by atoms with Gasteiger partial charge in [-0.05, 0) is 67.6 Å². The number of hydrogen-bond acceptors (Lipinski definition) is 6. The first-order valence-electron chi connectivity index (χ1n) is 13.0. The lowest BCUT2D eigenvalue weighted by Gasteiger charge is -2.32. The van der Waals surface area contributed by atoms with Crippen molar-refractivity contribution in [2.24, 2.45) is 0 Å². The van der Waals surface area contributed by atoms with E-state index >= 15 is 0 Å². The van der Waals surface area contributed by atoms with Gasteiger partial charge < -0.3 is 24.5 Å². The lowest BCUT2D eigenvalue weighted by Crippen LogP contribution is -2.41. The van der Waals surface area contributed by atoms with Crippen molar-refractivity contribution in [3.8, 4) is 11.1 Å². The van der Waals surface area contributed by atoms with Crippen LogP contribution in [-0.4, -0.2) is 53.6 Å². The summed E-state index contributed by atoms with van der Waals surface area (Å²) in [5, 5.41) is 12.1. The molecule has 2 aliphatic rings. The minimum atomic E-state index is -1.41. The molecule has 0 spiro atoms. The molecule has 1 aliphatic carbocycles. The first-order chi connectivity index (χ1) is 19.0. The number of carboxylic acids is 1. The number of carbonyl (C=O) groups excluding carboxylic acids is 1. The van der Waals surface area contributed by atoms with Gasteiger partial charge >= 0.3 is 19.2 Å². The second-order valence-corrected chi connectivity index (χ2v) is 10.9. The van der Waals surface area contributed by atoms with Gasteiger partial charge in [0.2, 0.25) is 0 Å². The van der Waals surface area contributed by atoms with E-state index in [4.69, 9.17) is 14.0 Å². The Kier molecular flexibility index (Phi) is 7.24. The number of rotatable bonds is 7. The summed E-state index contributed by atoms with van der Waals surface area (Å²) < 4.78 is 31.9. The Morgan fingerprint density at radius 3 is 2.20 bits per heavy atom. The van der Waals surface area contributed by atoms with Gasteiger partial charge in [-0.3, -0.25) is 4.98 Å². The van der Waals surface area contributed by atoms with Crippen LogP contribution in [0.4, 0.5) is 9.18 Å². The van der Waals surface area contributed by atoms with Crippen LogP contribution in [0.25, 0.3) is 17.2 Å². The van der Waals surface area contributed by atoms with Crippen LogP contribution in [0, 0.1) is 5.82 Å². The summed E-state index contributed by atoms with van der Waals surface area (Å²) in [6.07, 6.45) is 1.73. The number of hydrogen-bond donors (Lipinski definition) is 2. The Labute approximate surface area is 232 Å². The van der Waals surface area contributed by atoms with E-state index < -0.39 is 41.8 Å². The van der Waals surface area contributed by atoms with Crippen LogP contribution in [0.15, 0.2) is 66.3 Å². The largest absolute Gasteiger partial charge is 0.492 e. The van der Waals surface area contributed by atoms with Gasteiger partial charge in [0, 0.05) is 12.5 Å². The van der Waals surface area contributed by atoms with Gasteiger partial charge in [0.25, 0.3) is 0 Å². The van der Waals surface area contributed by atoms with E-state index in [0.717, 1.165) is 34.5 Å². The molecule has 3 aromatic rings. The molecular formula is C30H30BFN2O6. The smallest absolute Gasteiger partial charge is 0.478 e. The van der Waals surface area contributed by atoms with Gasteiger partial charge in [-0.25, -0.2) is 14.0 Å². The van der Waals surface area contributed by atoms with Crippen molar-refractivity contribution in [3.05, 3.63) is 94.5 Å². The zero-order valence-electron chi connectivity index (χ0n) is 22.7. The lowest BCUT2D eigenvalue weighted by atomic mass is 9.77. The number of nitrogens with one attached hydrogen (secondary N) is 1. The number of fused-ring (bicyclic) bond motifs is 3. The molecule has 0 saturated carbocycles. The molecule has 40 heavy (non-hydrogen) atoms. The van der Waals surface area contributed by atoms with Crippen LogP contribution in [0.1, 0.15) is 60.8 Å². The highest BCUT2D eigenvalue weighted by molar-refractivity contribution is 6.56. The maximum Gasteiger partial charge on any atom is 0.492 e. The molecule has 1 amide bonds. The molecule has 0 bridgehead atoms. The van der Waals surface area contributed by atoms with Crippen LogP contribution in [0.2, 0.25) is 0 Å². The van der Waals surface area contributed by atoms with Gasteiger partial charge in [-0.15, -0.1) is 0 Å². The summed E-state index contributed by atoms with van der Waals surface area (Å²) in [6.45, 7) is 7.68. The van der Waals surface area contributed by atoms with E-state index in [0.29, 0.717) is 5.47 Å². The Morgan fingerprint density at radius 2 is 1.62 bits per heavy atom. The second kappa shape index (κ2) is 10.5. The van der Waals surface area contributed by atoms with Crippen LogP contribution < -0.4 is 5.32 Å². The van der Waals surface area contributed by atoms with E-state index in [1.807, 2.05) is 64.1 Å². The Hall–Kier alpha value is -4.02. The number of carbonyl (C=O) groups is 2. The summed E-state index contributed by atoms with van der Waals surface area (Å²) in [5.41, 5.74) is 3.26. The van der Waals surface area contributed by atoms with E-state index in [9.17, 15) is 19.1 Å². The molecule has 10 heteroatoms. The van der Waals surface area contributed by atoms with Crippen molar-refractivity contribution in [1.29, 1.82) is 0 Å². The summed E-state index contributed by atoms with van der Waals surface area (Å²) in [4.78, 5) is 28.3. The maximum atomic E-state index is 13.9. The maximum absolute atomic E-state index is 13.9. The highest BCUT2D eigenvalue weighted by Crippen LogP contribution is 2.44. The molecular weight excluding hydrogens is 514 g/mol. The summed E-state index contributed by atoms with van der Waals surface area (Å²) in [5.74, 6) is -2.45. The van der Waals surface area contributed by atoms with Crippen LogP contribution in [0.3, 0.4) is 0 Å². The Morgan fingerprint density at radius 1 is 1.05 bits per heavy atom. The number of benzene rings is 2. The predicted molar refractivity (Wildman–Crippen MR) is 148 cm³/mol. The van der Waals surface area contributed by atoms with Gasteiger partial charge in [-0.1, -0.05) is 48.5 Å². The molecule has 2 N–H and O–H groups in total. The van der Waals surface area contributed by atoms with Crippen molar-refractivity contribution < 1.29 is 33.1 Å². The first kappa shape index (κ1) is 27.5.